The summed E-state index contributed by atoms with van der Waals surface area (Å²) >= 11 is 32.6. The average molecular weight is 1700 g/mol. The van der Waals surface area contributed by atoms with Gasteiger partial charge in [0.05, 0.1) is 0 Å². The molecular formula is C88H184Br4Cl4. The second-order valence-corrected chi connectivity index (χ2v) is 33.7. The van der Waals surface area contributed by atoms with Gasteiger partial charge in [0.2, 0.25) is 0 Å². The van der Waals surface area contributed by atoms with Crippen LogP contribution in [-0.4, -0.2) is 44.8 Å². The molecule has 0 aromatic carbocycles. The van der Waals surface area contributed by atoms with Crippen LogP contribution in [0.15, 0.2) is 0 Å². The van der Waals surface area contributed by atoms with Crippen molar-refractivity contribution in [3.8, 4) is 0 Å². The molecule has 16 saturated carbocycles. The Bertz CT molecular complexity index is 880. The summed E-state index contributed by atoms with van der Waals surface area (Å²) in [5.41, 5.74) is 0. The summed E-state index contributed by atoms with van der Waals surface area (Å²) in [5.74, 6) is 21.6. The van der Waals surface area contributed by atoms with Crippen LogP contribution < -0.4 is 0 Å². The van der Waals surface area contributed by atoms with Crippen LogP contribution in [-0.2, 0) is 0 Å². The van der Waals surface area contributed by atoms with Crippen molar-refractivity contribution in [1.29, 1.82) is 0 Å². The molecule has 0 aromatic rings. The highest BCUT2D eigenvalue weighted by molar-refractivity contribution is 9.09. The SMILES string of the molecule is C1CC2CCC1C2.C1CC2CCC1C2.C1CC2CCC1C2.C1CC2CCC1C2.C1CC2CCC1C2.C1CC2CCC1C2.C1CC2CCC1C2.C1CC2CCC1C2.CC.CC.CC.CC.CC.CC.CC.CC.CCBr.CCBr.CCBr.CCBr.CCCl.CCCl.CCCl.CCCl. The van der Waals surface area contributed by atoms with E-state index >= 15 is 0 Å². The third-order valence-electron chi connectivity index (χ3n) is 21.1. The molecule has 0 atom stereocenters. The van der Waals surface area contributed by atoms with Crippen LogP contribution in [0.1, 0.15) is 423 Å². The van der Waals surface area contributed by atoms with E-state index in [9.17, 15) is 0 Å². The molecule has 0 aliphatic heterocycles. The van der Waals surface area contributed by atoms with E-state index < -0.39 is 0 Å². The second-order valence-electron chi connectivity index (χ2n) is 27.1. The van der Waals surface area contributed by atoms with Gasteiger partial charge in [-0.15, -0.1) is 46.4 Å². The van der Waals surface area contributed by atoms with Crippen molar-refractivity contribution in [2.75, 3.05) is 44.8 Å². The van der Waals surface area contributed by atoms with Crippen LogP contribution >= 0.6 is 110 Å². The zero-order valence-electron chi connectivity index (χ0n) is 70.2. The first-order valence-electron chi connectivity index (χ1n) is 43.4. The van der Waals surface area contributed by atoms with E-state index in [1.807, 2.05) is 166 Å². The Morgan fingerprint density at radius 1 is 0.156 bits per heavy atom. The van der Waals surface area contributed by atoms with Crippen LogP contribution in [0.5, 0.6) is 0 Å². The fraction of sp³-hybridized carbons (Fsp3) is 1.00. The van der Waals surface area contributed by atoms with Gasteiger partial charge in [-0.25, -0.2) is 0 Å². The quantitative estimate of drug-likeness (QED) is 0.212. The predicted molar refractivity (Wildman–Crippen MR) is 475 cm³/mol. The topological polar surface area (TPSA) is 0 Å². The molecule has 0 spiro atoms. The molecule has 16 bridgehead atoms. The Kier molecular flexibility index (Phi) is 113. The van der Waals surface area contributed by atoms with Gasteiger partial charge in [0.25, 0.3) is 0 Å². The third-order valence-corrected chi connectivity index (χ3v) is 21.1. The molecule has 16 rings (SSSR count). The number of hydrogen-bond acceptors (Lipinski definition) is 0. The summed E-state index contributed by atoms with van der Waals surface area (Å²) < 4.78 is 0. The van der Waals surface area contributed by atoms with Crippen molar-refractivity contribution in [2.24, 2.45) is 94.7 Å². The van der Waals surface area contributed by atoms with E-state index in [1.165, 1.54) is 94.7 Å². The molecule has 8 heteroatoms. The first-order valence-corrected chi connectivity index (χ1v) is 50.0. The third kappa shape index (κ3) is 67.7. The fourth-order valence-corrected chi connectivity index (χ4v) is 17.4. The standard InChI is InChI=1S/8C7H12.4C2H5Br.4C2H5Cl.8C2H6/c8*1-2-7-4-3-6(1)5-7;8*1-2-3;8*1-2/h8*6-7H,1-5H2;8*2H2,1H3;8*1-2H3. The molecular weight excluding hydrogens is 1520 g/mol. The summed E-state index contributed by atoms with van der Waals surface area (Å²) in [5, 5.41) is 4.25. The Morgan fingerprint density at radius 2 is 0.188 bits per heavy atom. The Labute approximate surface area is 666 Å². The highest BCUT2D eigenvalue weighted by atomic mass is 79.9. The summed E-state index contributed by atoms with van der Waals surface area (Å²) in [6, 6.07) is 0. The fourth-order valence-electron chi connectivity index (χ4n) is 17.4. The van der Waals surface area contributed by atoms with Crippen molar-refractivity contribution in [1.82, 2.24) is 0 Å². The molecule has 0 unspecified atom stereocenters. The van der Waals surface area contributed by atoms with Crippen molar-refractivity contribution >= 4 is 110 Å². The molecule has 0 nitrogen and oxygen atoms in total. The smallest absolute Gasteiger partial charge is 0.0195 e. The second kappa shape index (κ2) is 94.2. The van der Waals surface area contributed by atoms with E-state index in [-0.39, 0.29) is 0 Å². The summed E-state index contributed by atoms with van der Waals surface area (Å²) in [4.78, 5) is 0. The average Bonchev–Trinajstić information content (AvgIpc) is 3.14. The minimum Gasteiger partial charge on any atom is -0.127 e. The van der Waals surface area contributed by atoms with Gasteiger partial charge in [0.1, 0.15) is 0 Å². The molecule has 0 amide bonds. The summed E-state index contributed by atoms with van der Waals surface area (Å²) in [6.45, 7) is 47.7. The molecule has 0 aromatic heterocycles. The number of fused-ring (bicyclic) bond motifs is 16. The minimum absolute atomic E-state index is 0.722. The molecule has 0 heterocycles. The number of alkyl halides is 8. The van der Waals surface area contributed by atoms with Crippen molar-refractivity contribution in [2.45, 2.75) is 423 Å². The van der Waals surface area contributed by atoms with E-state index in [0.29, 0.717) is 0 Å². The van der Waals surface area contributed by atoms with Gasteiger partial charge in [-0.2, -0.15) is 0 Å². The van der Waals surface area contributed by atoms with E-state index in [1.54, 1.807) is 257 Å². The Balaban J connectivity index is -0.000000143. The van der Waals surface area contributed by atoms with Gasteiger partial charge >= 0.3 is 0 Å². The lowest BCUT2D eigenvalue weighted by atomic mass is 10.0. The molecule has 592 valence electrons. The normalized spacial score (nSPS) is 30.0. The van der Waals surface area contributed by atoms with Crippen molar-refractivity contribution in [3.05, 3.63) is 0 Å². The predicted octanol–water partition coefficient (Wildman–Crippen LogP) is 36.4. The van der Waals surface area contributed by atoms with Gasteiger partial charge in [0, 0.05) is 44.8 Å². The number of halogens is 8. The molecule has 16 fully saturated rings. The molecule has 0 saturated heterocycles. The maximum Gasteiger partial charge on any atom is 0.0195 e. The summed E-state index contributed by atoms with van der Waals surface area (Å²) in [7, 11) is 0. The van der Waals surface area contributed by atoms with Crippen LogP contribution in [0.3, 0.4) is 0 Å². The lowest BCUT2D eigenvalue weighted by Crippen LogP contribution is -1.90. The minimum atomic E-state index is 0.722. The zero-order valence-corrected chi connectivity index (χ0v) is 79.6. The van der Waals surface area contributed by atoms with Gasteiger partial charge < -0.3 is 0 Å². The number of rotatable bonds is 0. The van der Waals surface area contributed by atoms with Gasteiger partial charge in [-0.1, -0.05) is 435 Å². The maximum atomic E-state index is 5.00. The monoisotopic (exact) mass is 1700 g/mol. The highest BCUT2D eigenvalue weighted by Gasteiger charge is 2.35. The molecule has 0 N–H and O–H groups in total. The molecule has 96 heavy (non-hydrogen) atoms. The van der Waals surface area contributed by atoms with E-state index in [4.69, 9.17) is 46.4 Å². The zero-order chi connectivity index (χ0) is 75.2. The van der Waals surface area contributed by atoms with Gasteiger partial charge in [0.15, 0.2) is 0 Å². The number of hydrogen-bond donors (Lipinski definition) is 0. The lowest BCUT2D eigenvalue weighted by molar-refractivity contribution is 0.480. The van der Waals surface area contributed by atoms with Crippen molar-refractivity contribution in [3.63, 3.8) is 0 Å². The van der Waals surface area contributed by atoms with Crippen LogP contribution in [0.4, 0.5) is 0 Å². The van der Waals surface area contributed by atoms with Crippen molar-refractivity contribution < 1.29 is 0 Å². The van der Waals surface area contributed by atoms with Crippen LogP contribution in [0, 0.1) is 94.7 Å². The first kappa shape index (κ1) is 115. The van der Waals surface area contributed by atoms with E-state index in [2.05, 4.69) is 63.7 Å². The van der Waals surface area contributed by atoms with Crippen LogP contribution in [0.25, 0.3) is 0 Å². The molecule has 16 aliphatic carbocycles. The molecule has 16 aliphatic rings. The van der Waals surface area contributed by atoms with Gasteiger partial charge in [-0.3, -0.25) is 0 Å². The first-order chi connectivity index (χ1) is 46.9. The maximum absolute atomic E-state index is 5.00. The van der Waals surface area contributed by atoms with E-state index in [0.717, 1.165) is 44.8 Å². The lowest BCUT2D eigenvalue weighted by Gasteiger charge is -2.05. The van der Waals surface area contributed by atoms with Gasteiger partial charge in [-0.05, 0) is 146 Å². The van der Waals surface area contributed by atoms with Crippen LogP contribution in [0.2, 0.25) is 0 Å². The Hall–Kier alpha value is 3.08. The largest absolute Gasteiger partial charge is 0.127 e. The summed E-state index contributed by atoms with van der Waals surface area (Å²) in [6.07, 6.45) is 62.6. The highest BCUT2D eigenvalue weighted by Crippen LogP contribution is 2.48. The molecule has 0 radical (unpaired) electrons. The Morgan fingerprint density at radius 3 is 0.198 bits per heavy atom.